The molecule has 0 bridgehead atoms. The first-order chi connectivity index (χ1) is 4.95. The zero-order valence-electron chi connectivity index (χ0n) is 7.26. The number of hydroxylamine groups is 2. The van der Waals surface area contributed by atoms with Crippen LogP contribution in [0, 0.1) is 0 Å². The van der Waals surface area contributed by atoms with E-state index in [1.54, 1.807) is 0 Å². The Morgan fingerprint density at radius 2 is 2.09 bits per heavy atom. The molecule has 11 heavy (non-hydrogen) atoms. The van der Waals surface area contributed by atoms with E-state index in [2.05, 4.69) is 0 Å². The topological polar surface area (TPSA) is 40.2 Å². The van der Waals surface area contributed by atoms with Gasteiger partial charge in [0, 0.05) is 5.54 Å². The van der Waals surface area contributed by atoms with Gasteiger partial charge >= 0.3 is 0 Å². The van der Waals surface area contributed by atoms with Crippen molar-refractivity contribution >= 4 is 5.78 Å². The fraction of sp³-hybridized carbons (Fsp3) is 0.875. The third kappa shape index (κ3) is 1.44. The Morgan fingerprint density at radius 3 is 2.27 bits per heavy atom. The van der Waals surface area contributed by atoms with E-state index in [9.17, 15) is 10.0 Å². The average Bonchev–Trinajstić information content (AvgIpc) is 2.09. The molecule has 0 aliphatic carbocycles. The maximum absolute atomic E-state index is 11.4. The molecule has 0 aromatic rings. The van der Waals surface area contributed by atoms with Crippen LogP contribution in [-0.2, 0) is 10.0 Å². The van der Waals surface area contributed by atoms with Crippen LogP contribution in [0.15, 0.2) is 0 Å². The summed E-state index contributed by atoms with van der Waals surface area (Å²) < 4.78 is 0. The summed E-state index contributed by atoms with van der Waals surface area (Å²) >= 11 is 0. The highest BCUT2D eigenvalue weighted by atomic mass is 16.5. The van der Waals surface area contributed by atoms with Crippen molar-refractivity contribution in [3.63, 3.8) is 0 Å². The van der Waals surface area contributed by atoms with Gasteiger partial charge in [0.2, 0.25) is 0 Å². The van der Waals surface area contributed by atoms with Crippen LogP contribution in [0.4, 0.5) is 0 Å². The van der Waals surface area contributed by atoms with Gasteiger partial charge < -0.3 is 0 Å². The Bertz CT molecular complexity index is 177. The van der Waals surface area contributed by atoms with Crippen LogP contribution < -0.4 is 0 Å². The lowest BCUT2D eigenvalue weighted by atomic mass is 10.0. The summed E-state index contributed by atoms with van der Waals surface area (Å²) in [7, 11) is 0. The first-order valence-electron chi connectivity index (χ1n) is 3.92. The van der Waals surface area contributed by atoms with E-state index in [0.29, 0.717) is 6.42 Å². The molecule has 0 saturated carbocycles. The first kappa shape index (κ1) is 8.68. The third-order valence-electron chi connectivity index (χ3n) is 2.38. The second kappa shape index (κ2) is 2.57. The van der Waals surface area contributed by atoms with Crippen LogP contribution in [0.25, 0.3) is 0 Å². The molecule has 1 radical (unpaired) electrons. The molecule has 1 saturated heterocycles. The Labute approximate surface area is 67.0 Å². The molecule has 1 heterocycles. The van der Waals surface area contributed by atoms with Gasteiger partial charge in [0.1, 0.15) is 5.78 Å². The maximum Gasteiger partial charge on any atom is 0.149 e. The molecule has 0 spiro atoms. The molecule has 1 fully saturated rings. The van der Waals surface area contributed by atoms with Gasteiger partial charge in [-0.2, -0.15) is 0 Å². The summed E-state index contributed by atoms with van der Waals surface area (Å²) in [6.45, 7) is 5.24. The van der Waals surface area contributed by atoms with E-state index in [4.69, 9.17) is 0 Å². The molecular formula is C8H14NO2. The van der Waals surface area contributed by atoms with Crippen molar-refractivity contribution in [2.75, 3.05) is 0 Å². The van der Waals surface area contributed by atoms with Crippen molar-refractivity contribution in [1.29, 1.82) is 0 Å². The standard InChI is InChI=1S/C8H14NO2/c1-6(10)7-4-5-8(2,3)9(7)11/h7H,4-5H2,1-3H3. The Balaban J connectivity index is 2.71. The van der Waals surface area contributed by atoms with E-state index >= 15 is 0 Å². The van der Waals surface area contributed by atoms with Gasteiger partial charge in [-0.25, -0.2) is 0 Å². The molecule has 0 N–H and O–H groups in total. The van der Waals surface area contributed by atoms with Gasteiger partial charge in [0.25, 0.3) is 0 Å². The number of ketones is 1. The SMILES string of the molecule is CC(=O)C1CCC(C)(C)N1[O]. The van der Waals surface area contributed by atoms with E-state index in [0.717, 1.165) is 11.5 Å². The maximum atomic E-state index is 11.4. The van der Waals surface area contributed by atoms with Gasteiger partial charge in [-0.1, -0.05) is 0 Å². The second-order valence-corrected chi connectivity index (χ2v) is 3.80. The number of carbonyl (C=O) groups is 1. The second-order valence-electron chi connectivity index (χ2n) is 3.80. The van der Waals surface area contributed by atoms with Crippen molar-refractivity contribution in [3.05, 3.63) is 0 Å². The minimum absolute atomic E-state index is 0.00873. The number of rotatable bonds is 1. The lowest BCUT2D eigenvalue weighted by molar-refractivity contribution is -0.217. The Morgan fingerprint density at radius 1 is 1.55 bits per heavy atom. The summed E-state index contributed by atoms with van der Waals surface area (Å²) in [6.07, 6.45) is 1.53. The summed E-state index contributed by atoms with van der Waals surface area (Å²) in [5.41, 5.74) is -0.337. The van der Waals surface area contributed by atoms with Crippen molar-refractivity contribution in [2.45, 2.75) is 45.2 Å². The highest BCUT2D eigenvalue weighted by Gasteiger charge is 2.41. The fourth-order valence-electron chi connectivity index (χ4n) is 1.51. The highest BCUT2D eigenvalue weighted by molar-refractivity contribution is 5.81. The zero-order valence-corrected chi connectivity index (χ0v) is 7.26. The van der Waals surface area contributed by atoms with Crippen LogP contribution in [0.1, 0.15) is 33.6 Å². The summed E-state index contributed by atoms with van der Waals surface area (Å²) in [5, 5.41) is 12.3. The molecule has 1 aliphatic rings. The normalized spacial score (nSPS) is 30.7. The Hall–Kier alpha value is -0.410. The summed E-state index contributed by atoms with van der Waals surface area (Å²) in [6, 6.07) is -0.384. The molecule has 1 unspecified atom stereocenters. The molecule has 0 aromatic carbocycles. The van der Waals surface area contributed by atoms with E-state index < -0.39 is 0 Å². The van der Waals surface area contributed by atoms with Gasteiger partial charge in [-0.15, -0.1) is 10.3 Å². The Kier molecular flexibility index (Phi) is 2.03. The quantitative estimate of drug-likeness (QED) is 0.571. The van der Waals surface area contributed by atoms with Gasteiger partial charge in [-0.3, -0.25) is 4.79 Å². The number of carbonyl (C=O) groups excluding carboxylic acids is 1. The average molecular weight is 156 g/mol. The van der Waals surface area contributed by atoms with Gasteiger partial charge in [-0.05, 0) is 33.6 Å². The number of hydrogen-bond donors (Lipinski definition) is 0. The molecule has 3 nitrogen and oxygen atoms in total. The third-order valence-corrected chi connectivity index (χ3v) is 2.38. The predicted octanol–water partition coefficient (Wildman–Crippen LogP) is 1.16. The van der Waals surface area contributed by atoms with Crippen LogP contribution in [-0.4, -0.2) is 22.4 Å². The lowest BCUT2D eigenvalue weighted by Gasteiger charge is -2.25. The van der Waals surface area contributed by atoms with Crippen molar-refractivity contribution < 1.29 is 10.0 Å². The lowest BCUT2D eigenvalue weighted by Crippen LogP contribution is -2.41. The summed E-state index contributed by atoms with van der Waals surface area (Å²) in [5.74, 6) is -0.00873. The smallest absolute Gasteiger partial charge is 0.149 e. The van der Waals surface area contributed by atoms with Gasteiger partial charge in [0.05, 0.1) is 6.04 Å². The van der Waals surface area contributed by atoms with Crippen LogP contribution >= 0.6 is 0 Å². The van der Waals surface area contributed by atoms with Crippen LogP contribution in [0.5, 0.6) is 0 Å². The number of hydrogen-bond acceptors (Lipinski definition) is 2. The van der Waals surface area contributed by atoms with E-state index in [1.807, 2.05) is 13.8 Å². The fourth-order valence-corrected chi connectivity index (χ4v) is 1.51. The first-order valence-corrected chi connectivity index (χ1v) is 3.92. The zero-order chi connectivity index (χ0) is 8.65. The molecule has 63 valence electrons. The van der Waals surface area contributed by atoms with Crippen LogP contribution in [0.3, 0.4) is 0 Å². The minimum Gasteiger partial charge on any atom is -0.298 e. The van der Waals surface area contributed by atoms with Crippen molar-refractivity contribution in [1.82, 2.24) is 5.06 Å². The molecule has 3 heteroatoms. The van der Waals surface area contributed by atoms with E-state index in [-0.39, 0.29) is 17.4 Å². The molecule has 1 aliphatic heterocycles. The highest BCUT2D eigenvalue weighted by Crippen LogP contribution is 2.31. The molecule has 1 rings (SSSR count). The monoisotopic (exact) mass is 156 g/mol. The minimum atomic E-state index is -0.384. The number of nitrogens with zero attached hydrogens (tertiary/aromatic N) is 1. The molecule has 0 aromatic heterocycles. The van der Waals surface area contributed by atoms with Crippen molar-refractivity contribution in [3.8, 4) is 0 Å². The molecular weight excluding hydrogens is 142 g/mol. The molecule has 1 atom stereocenters. The number of Topliss-reactive ketones (excluding diaryl/α,β-unsaturated/α-hetero) is 1. The van der Waals surface area contributed by atoms with Gasteiger partial charge in [0.15, 0.2) is 0 Å². The summed E-state index contributed by atoms with van der Waals surface area (Å²) in [4.78, 5) is 10.9. The van der Waals surface area contributed by atoms with E-state index in [1.165, 1.54) is 6.92 Å². The molecule has 0 amide bonds. The van der Waals surface area contributed by atoms with Crippen LogP contribution in [0.2, 0.25) is 0 Å². The van der Waals surface area contributed by atoms with Crippen molar-refractivity contribution in [2.24, 2.45) is 0 Å². The largest absolute Gasteiger partial charge is 0.298 e. The predicted molar refractivity (Wildman–Crippen MR) is 40.3 cm³/mol.